The molecule has 0 aliphatic heterocycles. The van der Waals surface area contributed by atoms with Crippen molar-refractivity contribution < 1.29 is 5.11 Å². The number of rotatable bonds is 4. The average Bonchev–Trinajstić information content (AvgIpc) is 2.73. The summed E-state index contributed by atoms with van der Waals surface area (Å²) in [6.07, 6.45) is 0.837. The van der Waals surface area contributed by atoms with Gasteiger partial charge in [-0.3, -0.25) is 0 Å². The van der Waals surface area contributed by atoms with Gasteiger partial charge in [-0.1, -0.05) is 25.1 Å². The van der Waals surface area contributed by atoms with Crippen LogP contribution in [0.25, 0.3) is 10.1 Å². The van der Waals surface area contributed by atoms with Crippen LogP contribution in [0.5, 0.6) is 0 Å². The van der Waals surface area contributed by atoms with Gasteiger partial charge in [0.15, 0.2) is 0 Å². The van der Waals surface area contributed by atoms with Gasteiger partial charge in [-0.15, -0.1) is 11.3 Å². The molecule has 1 heterocycles. The standard InChI is InChI=1S/C13H17NOS/c1-13(8-14,9-15)6-10-7-16-12-5-3-2-4-11(10)12/h2-5,7,15H,6,8-9,14H2,1H3. The zero-order chi connectivity index (χ0) is 11.6. The van der Waals surface area contributed by atoms with Crippen LogP contribution < -0.4 is 5.73 Å². The first-order valence-corrected chi connectivity index (χ1v) is 6.32. The third kappa shape index (κ3) is 2.12. The summed E-state index contributed by atoms with van der Waals surface area (Å²) in [4.78, 5) is 0. The topological polar surface area (TPSA) is 46.2 Å². The Balaban J connectivity index is 2.34. The Morgan fingerprint density at radius 3 is 2.81 bits per heavy atom. The summed E-state index contributed by atoms with van der Waals surface area (Å²) >= 11 is 1.75. The van der Waals surface area contributed by atoms with Crippen LogP contribution in [0.2, 0.25) is 0 Å². The molecular weight excluding hydrogens is 218 g/mol. The first-order chi connectivity index (χ1) is 7.68. The zero-order valence-electron chi connectivity index (χ0n) is 9.44. The van der Waals surface area contributed by atoms with E-state index in [-0.39, 0.29) is 12.0 Å². The molecule has 0 fully saturated rings. The van der Waals surface area contributed by atoms with Gasteiger partial charge in [0, 0.05) is 23.3 Å². The maximum absolute atomic E-state index is 9.38. The highest BCUT2D eigenvalue weighted by atomic mass is 32.1. The van der Waals surface area contributed by atoms with E-state index in [9.17, 15) is 5.11 Å². The van der Waals surface area contributed by atoms with E-state index in [4.69, 9.17) is 5.73 Å². The predicted octanol–water partition coefficient (Wildman–Crippen LogP) is 2.40. The highest BCUT2D eigenvalue weighted by Gasteiger charge is 2.23. The van der Waals surface area contributed by atoms with E-state index >= 15 is 0 Å². The molecule has 0 bridgehead atoms. The Hall–Kier alpha value is -0.900. The summed E-state index contributed by atoms with van der Waals surface area (Å²) in [5.74, 6) is 0. The minimum atomic E-state index is -0.205. The lowest BCUT2D eigenvalue weighted by molar-refractivity contribution is 0.150. The van der Waals surface area contributed by atoms with Crippen molar-refractivity contribution in [3.63, 3.8) is 0 Å². The molecule has 0 aliphatic rings. The van der Waals surface area contributed by atoms with Gasteiger partial charge in [0.1, 0.15) is 0 Å². The van der Waals surface area contributed by atoms with E-state index in [1.807, 2.05) is 6.92 Å². The average molecular weight is 235 g/mol. The summed E-state index contributed by atoms with van der Waals surface area (Å²) in [5.41, 5.74) is 6.81. The van der Waals surface area contributed by atoms with E-state index in [0.717, 1.165) is 6.42 Å². The molecule has 3 heteroatoms. The molecule has 2 rings (SSSR count). The van der Waals surface area contributed by atoms with E-state index in [0.29, 0.717) is 6.54 Å². The maximum atomic E-state index is 9.38. The van der Waals surface area contributed by atoms with Gasteiger partial charge in [0.25, 0.3) is 0 Å². The minimum Gasteiger partial charge on any atom is -0.396 e. The Morgan fingerprint density at radius 1 is 1.38 bits per heavy atom. The van der Waals surface area contributed by atoms with Crippen LogP contribution >= 0.6 is 11.3 Å². The Morgan fingerprint density at radius 2 is 2.12 bits per heavy atom. The number of nitrogens with two attached hydrogens (primary N) is 1. The molecule has 86 valence electrons. The molecule has 3 N–H and O–H groups in total. The van der Waals surface area contributed by atoms with Crippen molar-refractivity contribution >= 4 is 21.4 Å². The van der Waals surface area contributed by atoms with E-state index < -0.39 is 0 Å². The van der Waals surface area contributed by atoms with Gasteiger partial charge in [-0.25, -0.2) is 0 Å². The summed E-state index contributed by atoms with van der Waals surface area (Å²) in [7, 11) is 0. The lowest BCUT2D eigenvalue weighted by Crippen LogP contribution is -2.33. The highest BCUT2D eigenvalue weighted by molar-refractivity contribution is 7.17. The predicted molar refractivity (Wildman–Crippen MR) is 69.8 cm³/mol. The largest absolute Gasteiger partial charge is 0.396 e. The molecule has 0 aliphatic carbocycles. The second-order valence-electron chi connectivity index (χ2n) is 4.61. The Kier molecular flexibility index (Phi) is 3.28. The van der Waals surface area contributed by atoms with Crippen molar-refractivity contribution in [2.24, 2.45) is 11.1 Å². The van der Waals surface area contributed by atoms with Crippen molar-refractivity contribution in [1.29, 1.82) is 0 Å². The summed E-state index contributed by atoms with van der Waals surface area (Å²) in [6.45, 7) is 2.67. The van der Waals surface area contributed by atoms with E-state index in [1.165, 1.54) is 15.6 Å². The second-order valence-corrected chi connectivity index (χ2v) is 5.52. The molecule has 0 radical (unpaired) electrons. The van der Waals surface area contributed by atoms with Crippen LogP contribution in [-0.2, 0) is 6.42 Å². The number of hydrogen-bond acceptors (Lipinski definition) is 3. The Labute approximate surface area is 99.7 Å². The normalized spacial score (nSPS) is 15.2. The fraction of sp³-hybridized carbons (Fsp3) is 0.385. The maximum Gasteiger partial charge on any atom is 0.0500 e. The molecule has 1 aromatic heterocycles. The Bertz CT molecular complexity index is 473. The fourth-order valence-electron chi connectivity index (χ4n) is 1.82. The van der Waals surface area contributed by atoms with Crippen molar-refractivity contribution in [1.82, 2.24) is 0 Å². The smallest absolute Gasteiger partial charge is 0.0500 e. The lowest BCUT2D eigenvalue weighted by Gasteiger charge is -2.24. The molecule has 1 aromatic carbocycles. The van der Waals surface area contributed by atoms with Crippen LogP contribution in [-0.4, -0.2) is 18.3 Å². The van der Waals surface area contributed by atoms with Gasteiger partial charge < -0.3 is 10.8 Å². The monoisotopic (exact) mass is 235 g/mol. The van der Waals surface area contributed by atoms with Crippen molar-refractivity contribution in [3.05, 3.63) is 35.2 Å². The number of thiophene rings is 1. The van der Waals surface area contributed by atoms with Crippen molar-refractivity contribution in [2.45, 2.75) is 13.3 Å². The van der Waals surface area contributed by atoms with Gasteiger partial charge >= 0.3 is 0 Å². The number of hydrogen-bond donors (Lipinski definition) is 2. The van der Waals surface area contributed by atoms with Crippen LogP contribution in [0.15, 0.2) is 29.6 Å². The molecule has 1 atom stereocenters. The first-order valence-electron chi connectivity index (χ1n) is 5.44. The molecule has 1 unspecified atom stereocenters. The molecule has 0 spiro atoms. The van der Waals surface area contributed by atoms with Crippen molar-refractivity contribution in [3.8, 4) is 0 Å². The number of benzene rings is 1. The molecule has 2 nitrogen and oxygen atoms in total. The molecule has 2 aromatic rings. The molecule has 0 saturated heterocycles. The molecule has 16 heavy (non-hydrogen) atoms. The summed E-state index contributed by atoms with van der Waals surface area (Å²) in [6, 6.07) is 8.37. The van der Waals surface area contributed by atoms with Gasteiger partial charge in [0.2, 0.25) is 0 Å². The molecule has 0 amide bonds. The van der Waals surface area contributed by atoms with E-state index in [2.05, 4.69) is 29.6 Å². The van der Waals surface area contributed by atoms with Crippen molar-refractivity contribution in [2.75, 3.05) is 13.2 Å². The van der Waals surface area contributed by atoms with Crippen LogP contribution in [0.1, 0.15) is 12.5 Å². The third-order valence-corrected chi connectivity index (χ3v) is 4.07. The highest BCUT2D eigenvalue weighted by Crippen LogP contribution is 2.30. The number of aliphatic hydroxyl groups is 1. The quantitative estimate of drug-likeness (QED) is 0.855. The zero-order valence-corrected chi connectivity index (χ0v) is 10.3. The van der Waals surface area contributed by atoms with Crippen LogP contribution in [0.3, 0.4) is 0 Å². The van der Waals surface area contributed by atoms with E-state index in [1.54, 1.807) is 11.3 Å². The van der Waals surface area contributed by atoms with Crippen LogP contribution in [0.4, 0.5) is 0 Å². The summed E-state index contributed by atoms with van der Waals surface area (Å²) in [5, 5.41) is 12.8. The van der Waals surface area contributed by atoms with Gasteiger partial charge in [-0.05, 0) is 28.8 Å². The SMILES string of the molecule is CC(CN)(CO)Cc1csc2ccccc12. The molecular formula is C13H17NOS. The lowest BCUT2D eigenvalue weighted by atomic mass is 9.84. The number of aliphatic hydroxyl groups excluding tert-OH is 1. The molecule has 0 saturated carbocycles. The first kappa shape index (κ1) is 11.6. The van der Waals surface area contributed by atoms with Gasteiger partial charge in [-0.2, -0.15) is 0 Å². The van der Waals surface area contributed by atoms with Crippen LogP contribution in [0, 0.1) is 5.41 Å². The van der Waals surface area contributed by atoms with Gasteiger partial charge in [0.05, 0.1) is 0 Å². The number of fused-ring (bicyclic) bond motifs is 1. The minimum absolute atomic E-state index is 0.133. The summed E-state index contributed by atoms with van der Waals surface area (Å²) < 4.78 is 1.30. The third-order valence-electron chi connectivity index (χ3n) is 3.05. The fourth-order valence-corrected chi connectivity index (χ4v) is 2.78. The second kappa shape index (κ2) is 4.53.